The zero-order chi connectivity index (χ0) is 16.7. The first-order valence-electron chi connectivity index (χ1n) is 7.59. The topological polar surface area (TPSA) is 53.6 Å². The van der Waals surface area contributed by atoms with Crippen LogP contribution in [0.5, 0.6) is 0 Å². The van der Waals surface area contributed by atoms with Crippen LogP contribution in [0.2, 0.25) is 0 Å². The summed E-state index contributed by atoms with van der Waals surface area (Å²) in [6.45, 7) is 1.07. The molecule has 2 rings (SSSR count). The van der Waals surface area contributed by atoms with Crippen LogP contribution >= 0.6 is 24.0 Å². The van der Waals surface area contributed by atoms with Crippen molar-refractivity contribution in [3.8, 4) is 0 Å². The van der Waals surface area contributed by atoms with Crippen molar-refractivity contribution in [3.05, 3.63) is 65.5 Å². The van der Waals surface area contributed by atoms with Crippen LogP contribution in [0, 0.1) is 5.82 Å². The number of halogens is 2. The van der Waals surface area contributed by atoms with Crippen LogP contribution in [-0.2, 0) is 13.0 Å². The van der Waals surface area contributed by atoms with E-state index in [2.05, 4.69) is 22.4 Å². The Morgan fingerprint density at radius 1 is 1.12 bits per heavy atom. The molecule has 2 aromatic rings. The van der Waals surface area contributed by atoms with Gasteiger partial charge in [-0.05, 0) is 29.7 Å². The van der Waals surface area contributed by atoms with Crippen LogP contribution in [0.1, 0.15) is 11.1 Å². The van der Waals surface area contributed by atoms with Crippen LogP contribution in [0.3, 0.4) is 0 Å². The summed E-state index contributed by atoms with van der Waals surface area (Å²) in [5.74, 6) is 0.122. The average molecular weight is 442 g/mol. The summed E-state index contributed by atoms with van der Waals surface area (Å²) in [6.07, 6.45) is 0.878. The van der Waals surface area contributed by atoms with Crippen LogP contribution in [-0.4, -0.2) is 26.6 Å². The van der Waals surface area contributed by atoms with Crippen molar-refractivity contribution in [1.29, 1.82) is 0 Å². The summed E-state index contributed by atoms with van der Waals surface area (Å²) in [5, 5.41) is 3.07. The van der Waals surface area contributed by atoms with Gasteiger partial charge >= 0.3 is 0 Å². The number of hydrogen-bond acceptors (Lipinski definition) is 2. The van der Waals surface area contributed by atoms with Gasteiger partial charge < -0.3 is 16.0 Å². The van der Waals surface area contributed by atoms with Crippen LogP contribution in [0.15, 0.2) is 53.5 Å². The number of aliphatic imine (C=N–C) groups is 1. The third-order valence-corrected chi connectivity index (χ3v) is 3.49. The molecule has 0 aliphatic rings. The van der Waals surface area contributed by atoms with Crippen LogP contribution < -0.4 is 16.0 Å². The van der Waals surface area contributed by atoms with E-state index in [1.807, 2.05) is 38.4 Å². The molecule has 0 spiro atoms. The van der Waals surface area contributed by atoms with E-state index < -0.39 is 0 Å². The van der Waals surface area contributed by atoms with Gasteiger partial charge in [0.25, 0.3) is 0 Å². The second-order valence-electron chi connectivity index (χ2n) is 5.54. The molecule has 6 heteroatoms. The molecule has 0 amide bonds. The Hall–Kier alpha value is -1.83. The number of hydrogen-bond donors (Lipinski definition) is 2. The van der Waals surface area contributed by atoms with E-state index in [0.717, 1.165) is 12.0 Å². The van der Waals surface area contributed by atoms with Gasteiger partial charge in [-0.25, -0.2) is 9.38 Å². The fraction of sp³-hybridized carbons (Fsp3) is 0.278. The lowest BCUT2D eigenvalue weighted by Crippen LogP contribution is -2.33. The number of guanidine groups is 1. The van der Waals surface area contributed by atoms with Gasteiger partial charge in [-0.3, -0.25) is 0 Å². The molecule has 4 nitrogen and oxygen atoms in total. The van der Waals surface area contributed by atoms with Crippen molar-refractivity contribution >= 4 is 35.6 Å². The van der Waals surface area contributed by atoms with Gasteiger partial charge in [0.15, 0.2) is 5.96 Å². The summed E-state index contributed by atoms with van der Waals surface area (Å²) in [7, 11) is 3.62. The Morgan fingerprint density at radius 3 is 2.46 bits per heavy atom. The predicted molar refractivity (Wildman–Crippen MR) is 110 cm³/mol. The normalized spacial score (nSPS) is 10.9. The molecule has 0 aliphatic heterocycles. The molecule has 0 radical (unpaired) electrons. The molecule has 24 heavy (non-hydrogen) atoms. The maximum atomic E-state index is 13.9. The highest BCUT2D eigenvalue weighted by Gasteiger charge is 2.05. The zero-order valence-corrected chi connectivity index (χ0v) is 16.3. The highest BCUT2D eigenvalue weighted by Crippen LogP contribution is 2.18. The minimum Gasteiger partial charge on any atom is -0.375 e. The SMILES string of the molecule is CN(C)c1ccc(CN=C(N)NCCc2ccccc2)cc1F.I. The van der Waals surface area contributed by atoms with Gasteiger partial charge in [-0.1, -0.05) is 36.4 Å². The average Bonchev–Trinajstić information content (AvgIpc) is 2.53. The van der Waals surface area contributed by atoms with Crippen LogP contribution in [0.4, 0.5) is 10.1 Å². The number of nitrogens with two attached hydrogens (primary N) is 1. The summed E-state index contributed by atoms with van der Waals surface area (Å²) in [5.41, 5.74) is 8.44. The minimum absolute atomic E-state index is 0. The third kappa shape index (κ3) is 6.35. The summed E-state index contributed by atoms with van der Waals surface area (Å²) in [6, 6.07) is 15.3. The third-order valence-electron chi connectivity index (χ3n) is 3.49. The van der Waals surface area contributed by atoms with Crippen molar-refractivity contribution in [1.82, 2.24) is 5.32 Å². The van der Waals surface area contributed by atoms with E-state index in [9.17, 15) is 4.39 Å². The fourth-order valence-electron chi connectivity index (χ4n) is 2.22. The number of rotatable bonds is 6. The second-order valence-corrected chi connectivity index (χ2v) is 5.54. The second kappa shape index (κ2) is 10.1. The lowest BCUT2D eigenvalue weighted by atomic mass is 10.1. The van der Waals surface area contributed by atoms with E-state index >= 15 is 0 Å². The van der Waals surface area contributed by atoms with Gasteiger partial charge in [0.1, 0.15) is 5.82 Å². The Bertz CT molecular complexity index is 659. The van der Waals surface area contributed by atoms with Crippen molar-refractivity contribution in [2.75, 3.05) is 25.5 Å². The number of nitrogens with zero attached hydrogens (tertiary/aromatic N) is 2. The van der Waals surface area contributed by atoms with E-state index in [4.69, 9.17) is 5.73 Å². The Morgan fingerprint density at radius 2 is 1.83 bits per heavy atom. The molecule has 0 aliphatic carbocycles. The molecule has 0 saturated carbocycles. The number of benzene rings is 2. The standard InChI is InChI=1S/C18H23FN4.HI/c1-23(2)17-9-8-15(12-16(17)19)13-22-18(20)21-11-10-14-6-4-3-5-7-14;/h3-9,12H,10-11,13H2,1-2H3,(H3,20,21,22);1H. The Balaban J connectivity index is 0.00000288. The molecule has 0 bridgehead atoms. The first-order chi connectivity index (χ1) is 11.1. The lowest BCUT2D eigenvalue weighted by molar-refractivity contribution is 0.624. The van der Waals surface area contributed by atoms with Gasteiger partial charge in [0.2, 0.25) is 0 Å². The molecular formula is C18H24FIN4. The van der Waals surface area contributed by atoms with E-state index in [1.165, 1.54) is 11.6 Å². The summed E-state index contributed by atoms with van der Waals surface area (Å²) < 4.78 is 13.9. The maximum Gasteiger partial charge on any atom is 0.188 e. The molecule has 130 valence electrons. The van der Waals surface area contributed by atoms with Crippen molar-refractivity contribution in [2.24, 2.45) is 10.7 Å². The molecule has 0 heterocycles. The molecule has 0 fully saturated rings. The quantitative estimate of drug-likeness (QED) is 0.411. The minimum atomic E-state index is -0.252. The van der Waals surface area contributed by atoms with Gasteiger partial charge in [0.05, 0.1) is 12.2 Å². The summed E-state index contributed by atoms with van der Waals surface area (Å²) in [4.78, 5) is 5.98. The first kappa shape index (κ1) is 20.2. The molecule has 0 unspecified atom stereocenters. The lowest BCUT2D eigenvalue weighted by Gasteiger charge is -2.13. The molecule has 2 aromatic carbocycles. The highest BCUT2D eigenvalue weighted by molar-refractivity contribution is 14.0. The van der Waals surface area contributed by atoms with Gasteiger partial charge in [0, 0.05) is 20.6 Å². The molecular weight excluding hydrogens is 418 g/mol. The van der Waals surface area contributed by atoms with Gasteiger partial charge in [-0.2, -0.15) is 0 Å². The Labute approximate surface area is 160 Å². The van der Waals surface area contributed by atoms with E-state index in [0.29, 0.717) is 24.7 Å². The number of nitrogens with one attached hydrogen (secondary N) is 1. The molecule has 0 saturated heterocycles. The van der Waals surface area contributed by atoms with Crippen LogP contribution in [0.25, 0.3) is 0 Å². The zero-order valence-electron chi connectivity index (χ0n) is 14.0. The molecule has 3 N–H and O–H groups in total. The number of anilines is 1. The van der Waals surface area contributed by atoms with E-state index in [1.54, 1.807) is 11.0 Å². The molecule has 0 atom stereocenters. The van der Waals surface area contributed by atoms with Crippen molar-refractivity contribution in [3.63, 3.8) is 0 Å². The predicted octanol–water partition coefficient (Wildman–Crippen LogP) is 3.16. The largest absolute Gasteiger partial charge is 0.375 e. The van der Waals surface area contributed by atoms with Crippen molar-refractivity contribution < 1.29 is 4.39 Å². The van der Waals surface area contributed by atoms with E-state index in [-0.39, 0.29) is 29.8 Å². The first-order valence-corrected chi connectivity index (χ1v) is 7.59. The fourth-order valence-corrected chi connectivity index (χ4v) is 2.22. The summed E-state index contributed by atoms with van der Waals surface area (Å²) >= 11 is 0. The Kier molecular flexibility index (Phi) is 8.53. The highest BCUT2D eigenvalue weighted by atomic mass is 127. The van der Waals surface area contributed by atoms with Crippen molar-refractivity contribution in [2.45, 2.75) is 13.0 Å². The smallest absolute Gasteiger partial charge is 0.188 e. The maximum absolute atomic E-state index is 13.9. The monoisotopic (exact) mass is 442 g/mol. The van der Waals surface area contributed by atoms with Gasteiger partial charge in [-0.15, -0.1) is 24.0 Å². The molecule has 0 aromatic heterocycles.